The lowest BCUT2D eigenvalue weighted by molar-refractivity contribution is 0.694. The molecule has 2 unspecified atom stereocenters. The molecule has 0 aromatic carbocycles. The number of hydrogen-bond donors (Lipinski definition) is 1. The molecule has 60 valence electrons. The molecular weight excluding hydrogens is 138 g/mol. The van der Waals surface area contributed by atoms with Crippen LogP contribution in [0.2, 0.25) is 0 Å². The van der Waals surface area contributed by atoms with Crippen LogP contribution in [0.25, 0.3) is 0 Å². The van der Waals surface area contributed by atoms with Gasteiger partial charge in [-0.3, -0.25) is 0 Å². The van der Waals surface area contributed by atoms with Crippen LogP contribution in [0.15, 0.2) is 6.20 Å². The van der Waals surface area contributed by atoms with Gasteiger partial charge in [-0.25, -0.2) is 4.98 Å². The molecule has 1 aliphatic carbocycles. The van der Waals surface area contributed by atoms with E-state index in [-0.39, 0.29) is 0 Å². The zero-order valence-electron chi connectivity index (χ0n) is 6.91. The molecule has 11 heavy (non-hydrogen) atoms. The van der Waals surface area contributed by atoms with Crippen LogP contribution in [0.4, 0.5) is 5.95 Å². The van der Waals surface area contributed by atoms with Crippen molar-refractivity contribution >= 4 is 5.95 Å². The second-order valence-electron chi connectivity index (χ2n) is 3.43. The molecular formula is C8H13N3. The van der Waals surface area contributed by atoms with Crippen molar-refractivity contribution in [2.24, 2.45) is 5.92 Å². The van der Waals surface area contributed by atoms with E-state index in [2.05, 4.69) is 16.5 Å². The Morgan fingerprint density at radius 1 is 1.73 bits per heavy atom. The highest BCUT2D eigenvalue weighted by atomic mass is 15.2. The molecule has 1 aromatic heterocycles. The van der Waals surface area contributed by atoms with Gasteiger partial charge in [0.1, 0.15) is 0 Å². The zero-order chi connectivity index (χ0) is 8.01. The lowest BCUT2D eigenvalue weighted by Crippen LogP contribution is -2.00. The van der Waals surface area contributed by atoms with E-state index in [1.807, 2.05) is 13.1 Å². The van der Waals surface area contributed by atoms with Crippen LogP contribution in [0.3, 0.4) is 0 Å². The summed E-state index contributed by atoms with van der Waals surface area (Å²) in [6, 6.07) is 0.621. The molecule has 0 spiro atoms. The Morgan fingerprint density at radius 2 is 2.36 bits per heavy atom. The van der Waals surface area contributed by atoms with Crippen molar-refractivity contribution in [3.63, 3.8) is 0 Å². The first-order valence-electron chi connectivity index (χ1n) is 3.99. The highest BCUT2D eigenvalue weighted by molar-refractivity contribution is 5.24. The minimum Gasteiger partial charge on any atom is -0.369 e. The lowest BCUT2D eigenvalue weighted by Gasteiger charge is -1.99. The van der Waals surface area contributed by atoms with Gasteiger partial charge in [-0.15, -0.1) is 0 Å². The van der Waals surface area contributed by atoms with Gasteiger partial charge in [-0.1, -0.05) is 6.92 Å². The number of nitrogen functional groups attached to an aromatic ring is 1. The Hall–Kier alpha value is -0.990. The summed E-state index contributed by atoms with van der Waals surface area (Å²) < 4.78 is 2.08. The van der Waals surface area contributed by atoms with E-state index in [0.29, 0.717) is 12.0 Å². The van der Waals surface area contributed by atoms with Crippen molar-refractivity contribution in [3.05, 3.63) is 11.9 Å². The summed E-state index contributed by atoms with van der Waals surface area (Å²) in [4.78, 5) is 4.15. The number of anilines is 1. The third kappa shape index (κ3) is 1.00. The van der Waals surface area contributed by atoms with Crippen LogP contribution in [0, 0.1) is 12.8 Å². The fourth-order valence-electron chi connectivity index (χ4n) is 1.49. The maximum absolute atomic E-state index is 5.70. The molecule has 0 radical (unpaired) electrons. The Morgan fingerprint density at radius 3 is 2.73 bits per heavy atom. The third-order valence-corrected chi connectivity index (χ3v) is 2.31. The number of aromatic nitrogens is 2. The molecule has 2 rings (SSSR count). The smallest absolute Gasteiger partial charge is 0.200 e. The van der Waals surface area contributed by atoms with Crippen LogP contribution >= 0.6 is 0 Å². The van der Waals surface area contributed by atoms with Gasteiger partial charge < -0.3 is 10.3 Å². The second kappa shape index (κ2) is 2.00. The van der Waals surface area contributed by atoms with Crippen LogP contribution in [-0.4, -0.2) is 9.55 Å². The topological polar surface area (TPSA) is 43.8 Å². The predicted molar refractivity (Wildman–Crippen MR) is 44.2 cm³/mol. The summed E-state index contributed by atoms with van der Waals surface area (Å²) >= 11 is 0. The van der Waals surface area contributed by atoms with Gasteiger partial charge in [0.05, 0.1) is 5.69 Å². The summed E-state index contributed by atoms with van der Waals surface area (Å²) in [5.74, 6) is 1.45. The maximum atomic E-state index is 5.70. The molecule has 0 aliphatic heterocycles. The maximum Gasteiger partial charge on any atom is 0.200 e. The normalized spacial score (nSPS) is 28.9. The largest absolute Gasteiger partial charge is 0.369 e. The standard InChI is InChI=1S/C8H13N3/c1-5-3-7(5)11-4-6(2)10-8(11)9/h4-5,7H,3H2,1-2H3,(H2,9,10). The van der Waals surface area contributed by atoms with E-state index in [1.54, 1.807) is 0 Å². The number of nitrogens with zero attached hydrogens (tertiary/aromatic N) is 2. The van der Waals surface area contributed by atoms with E-state index in [9.17, 15) is 0 Å². The Labute approximate surface area is 66.2 Å². The van der Waals surface area contributed by atoms with Crippen LogP contribution in [-0.2, 0) is 0 Å². The minimum absolute atomic E-state index is 0.621. The fourth-order valence-corrected chi connectivity index (χ4v) is 1.49. The lowest BCUT2D eigenvalue weighted by atomic mass is 10.5. The summed E-state index contributed by atoms with van der Waals surface area (Å²) in [6.07, 6.45) is 3.28. The quantitative estimate of drug-likeness (QED) is 0.658. The van der Waals surface area contributed by atoms with Gasteiger partial charge >= 0.3 is 0 Å². The van der Waals surface area contributed by atoms with Gasteiger partial charge in [0.15, 0.2) is 0 Å². The van der Waals surface area contributed by atoms with E-state index in [1.165, 1.54) is 6.42 Å². The van der Waals surface area contributed by atoms with Crippen molar-refractivity contribution in [2.45, 2.75) is 26.3 Å². The van der Waals surface area contributed by atoms with Crippen LogP contribution in [0.5, 0.6) is 0 Å². The SMILES string of the molecule is Cc1cn(C2CC2C)c(N)n1. The summed E-state index contributed by atoms with van der Waals surface area (Å²) in [6.45, 7) is 4.21. The number of imidazole rings is 1. The second-order valence-corrected chi connectivity index (χ2v) is 3.43. The minimum atomic E-state index is 0.621. The summed E-state index contributed by atoms with van der Waals surface area (Å²) in [5.41, 5.74) is 6.71. The fraction of sp³-hybridized carbons (Fsp3) is 0.625. The Balaban J connectivity index is 2.30. The molecule has 1 aromatic rings. The average molecular weight is 151 g/mol. The first kappa shape index (κ1) is 6.70. The van der Waals surface area contributed by atoms with E-state index < -0.39 is 0 Å². The zero-order valence-corrected chi connectivity index (χ0v) is 6.91. The molecule has 3 nitrogen and oxygen atoms in total. The molecule has 2 atom stereocenters. The monoisotopic (exact) mass is 151 g/mol. The van der Waals surface area contributed by atoms with E-state index >= 15 is 0 Å². The third-order valence-electron chi connectivity index (χ3n) is 2.31. The molecule has 0 bridgehead atoms. The number of aryl methyl sites for hydroxylation is 1. The first-order valence-corrected chi connectivity index (χ1v) is 3.99. The van der Waals surface area contributed by atoms with Crippen molar-refractivity contribution < 1.29 is 0 Å². The average Bonchev–Trinajstić information content (AvgIpc) is 2.52. The molecule has 0 saturated heterocycles. The molecule has 1 aliphatic rings. The highest BCUT2D eigenvalue weighted by Gasteiger charge is 2.35. The van der Waals surface area contributed by atoms with Crippen LogP contribution < -0.4 is 5.73 Å². The van der Waals surface area contributed by atoms with Gasteiger partial charge in [0, 0.05) is 12.2 Å². The highest BCUT2D eigenvalue weighted by Crippen LogP contribution is 2.43. The van der Waals surface area contributed by atoms with Crippen molar-refractivity contribution in [2.75, 3.05) is 5.73 Å². The molecule has 0 amide bonds. The Kier molecular flexibility index (Phi) is 1.22. The first-order chi connectivity index (χ1) is 5.18. The van der Waals surface area contributed by atoms with Crippen LogP contribution in [0.1, 0.15) is 25.1 Å². The molecule has 2 N–H and O–H groups in total. The number of rotatable bonds is 1. The molecule has 3 heteroatoms. The molecule has 1 heterocycles. The van der Waals surface area contributed by atoms with E-state index in [4.69, 9.17) is 5.73 Å². The molecule has 1 saturated carbocycles. The van der Waals surface area contributed by atoms with Gasteiger partial charge in [-0.2, -0.15) is 0 Å². The van der Waals surface area contributed by atoms with Gasteiger partial charge in [0.2, 0.25) is 5.95 Å². The summed E-state index contributed by atoms with van der Waals surface area (Å²) in [7, 11) is 0. The predicted octanol–water partition coefficient (Wildman–Crippen LogP) is 1.35. The Bertz CT molecular complexity index is 277. The van der Waals surface area contributed by atoms with Crippen molar-refractivity contribution in [1.29, 1.82) is 0 Å². The van der Waals surface area contributed by atoms with Gasteiger partial charge in [-0.05, 0) is 19.3 Å². The van der Waals surface area contributed by atoms with Crippen molar-refractivity contribution in [3.8, 4) is 0 Å². The van der Waals surface area contributed by atoms with E-state index in [0.717, 1.165) is 11.6 Å². The van der Waals surface area contributed by atoms with Crippen molar-refractivity contribution in [1.82, 2.24) is 9.55 Å². The number of hydrogen-bond acceptors (Lipinski definition) is 2. The van der Waals surface area contributed by atoms with Gasteiger partial charge in [0.25, 0.3) is 0 Å². The summed E-state index contributed by atoms with van der Waals surface area (Å²) in [5, 5.41) is 0. The number of nitrogens with two attached hydrogens (primary N) is 1. The molecule has 1 fully saturated rings.